The molecule has 1 aromatic rings. The van der Waals surface area contributed by atoms with E-state index < -0.39 is 0 Å². The molecule has 0 radical (unpaired) electrons. The molecule has 0 aliphatic carbocycles. The lowest BCUT2D eigenvalue weighted by atomic mass is 10.3. The molecular weight excluding hydrogens is 211 g/mol. The molecule has 0 fully saturated rings. The highest BCUT2D eigenvalue weighted by molar-refractivity contribution is 6.42. The first-order valence-electron chi connectivity index (χ1n) is 3.81. The molecule has 0 spiro atoms. The van der Waals surface area contributed by atoms with Gasteiger partial charge in [-0.25, -0.2) is 0 Å². The van der Waals surface area contributed by atoms with Crippen LogP contribution < -0.4 is 4.74 Å². The Labute approximate surface area is 87.4 Å². The van der Waals surface area contributed by atoms with E-state index in [1.165, 1.54) is 0 Å². The van der Waals surface area contributed by atoms with Crippen molar-refractivity contribution in [3.05, 3.63) is 28.2 Å². The van der Waals surface area contributed by atoms with Crippen molar-refractivity contribution >= 4 is 23.2 Å². The van der Waals surface area contributed by atoms with Crippen LogP contribution in [0.1, 0.15) is 0 Å². The fourth-order valence-electron chi connectivity index (χ4n) is 0.809. The Morgan fingerprint density at radius 3 is 2.54 bits per heavy atom. The normalized spacial score (nSPS) is 10.1. The van der Waals surface area contributed by atoms with Crippen LogP contribution in [0.2, 0.25) is 10.0 Å². The number of rotatable bonds is 4. The summed E-state index contributed by atoms with van der Waals surface area (Å²) in [6.45, 7) is 1.06. The molecule has 0 saturated carbocycles. The van der Waals surface area contributed by atoms with Crippen molar-refractivity contribution in [2.45, 2.75) is 0 Å². The zero-order valence-electron chi connectivity index (χ0n) is 7.22. The third-order valence-corrected chi connectivity index (χ3v) is 2.19. The van der Waals surface area contributed by atoms with Crippen LogP contribution in [-0.4, -0.2) is 20.3 Å². The van der Waals surface area contributed by atoms with Crippen molar-refractivity contribution < 1.29 is 9.47 Å². The van der Waals surface area contributed by atoms with Gasteiger partial charge in [0.1, 0.15) is 12.4 Å². The summed E-state index contributed by atoms with van der Waals surface area (Å²) < 4.78 is 10.1. The molecule has 2 nitrogen and oxygen atoms in total. The fourth-order valence-corrected chi connectivity index (χ4v) is 1.10. The number of benzene rings is 1. The largest absolute Gasteiger partial charge is 0.491 e. The topological polar surface area (TPSA) is 18.5 Å². The van der Waals surface area contributed by atoms with Gasteiger partial charge in [-0.1, -0.05) is 23.2 Å². The summed E-state index contributed by atoms with van der Waals surface area (Å²) in [5.41, 5.74) is 0. The van der Waals surface area contributed by atoms with Crippen LogP contribution in [0.4, 0.5) is 0 Å². The van der Waals surface area contributed by atoms with Crippen LogP contribution in [0, 0.1) is 0 Å². The van der Waals surface area contributed by atoms with Crippen molar-refractivity contribution in [3.8, 4) is 5.75 Å². The summed E-state index contributed by atoms with van der Waals surface area (Å²) in [6, 6.07) is 5.15. The van der Waals surface area contributed by atoms with Gasteiger partial charge in [-0.3, -0.25) is 0 Å². The van der Waals surface area contributed by atoms with E-state index >= 15 is 0 Å². The van der Waals surface area contributed by atoms with E-state index in [2.05, 4.69) is 0 Å². The molecule has 0 N–H and O–H groups in total. The molecule has 0 unspecified atom stereocenters. The van der Waals surface area contributed by atoms with E-state index in [4.69, 9.17) is 32.7 Å². The van der Waals surface area contributed by atoms with E-state index in [0.717, 1.165) is 0 Å². The summed E-state index contributed by atoms with van der Waals surface area (Å²) in [5, 5.41) is 1.03. The first kappa shape index (κ1) is 10.6. The molecule has 0 amide bonds. The first-order valence-corrected chi connectivity index (χ1v) is 4.56. The van der Waals surface area contributed by atoms with Crippen LogP contribution in [0.5, 0.6) is 5.75 Å². The molecule has 0 aromatic heterocycles. The molecule has 13 heavy (non-hydrogen) atoms. The maximum absolute atomic E-state index is 5.78. The fraction of sp³-hybridized carbons (Fsp3) is 0.333. The van der Waals surface area contributed by atoms with Crippen molar-refractivity contribution in [3.63, 3.8) is 0 Å². The van der Waals surface area contributed by atoms with Gasteiger partial charge in [0.2, 0.25) is 0 Å². The van der Waals surface area contributed by atoms with Gasteiger partial charge in [0.25, 0.3) is 0 Å². The van der Waals surface area contributed by atoms with Gasteiger partial charge in [-0.05, 0) is 12.1 Å². The molecule has 1 aromatic carbocycles. The lowest BCUT2D eigenvalue weighted by Crippen LogP contribution is -2.03. The van der Waals surface area contributed by atoms with E-state index in [1.54, 1.807) is 25.3 Å². The first-order chi connectivity index (χ1) is 6.24. The molecule has 0 aliphatic heterocycles. The van der Waals surface area contributed by atoms with Crippen molar-refractivity contribution in [1.29, 1.82) is 0 Å². The Kier molecular flexibility index (Phi) is 4.36. The molecule has 0 atom stereocenters. The van der Waals surface area contributed by atoms with Crippen LogP contribution in [0.25, 0.3) is 0 Å². The minimum absolute atomic E-state index is 0.497. The standard InChI is InChI=1S/C9H10Cl2O2/c1-12-4-5-13-7-2-3-8(10)9(11)6-7/h2-3,6H,4-5H2,1H3. The Bertz CT molecular complexity index is 276. The van der Waals surface area contributed by atoms with Crippen LogP contribution >= 0.6 is 23.2 Å². The lowest BCUT2D eigenvalue weighted by molar-refractivity contribution is 0.146. The van der Waals surface area contributed by atoms with E-state index in [1.807, 2.05) is 0 Å². The maximum Gasteiger partial charge on any atom is 0.121 e. The van der Waals surface area contributed by atoms with E-state index in [-0.39, 0.29) is 0 Å². The smallest absolute Gasteiger partial charge is 0.121 e. The zero-order valence-corrected chi connectivity index (χ0v) is 8.73. The van der Waals surface area contributed by atoms with Gasteiger partial charge in [0.05, 0.1) is 16.7 Å². The highest BCUT2D eigenvalue weighted by Gasteiger charge is 1.99. The van der Waals surface area contributed by atoms with Gasteiger partial charge in [-0.15, -0.1) is 0 Å². The predicted octanol–water partition coefficient (Wildman–Crippen LogP) is 3.02. The highest BCUT2D eigenvalue weighted by atomic mass is 35.5. The van der Waals surface area contributed by atoms with Gasteiger partial charge in [-0.2, -0.15) is 0 Å². The number of ether oxygens (including phenoxy) is 2. The van der Waals surface area contributed by atoms with Crippen molar-refractivity contribution in [2.24, 2.45) is 0 Å². The molecule has 0 bridgehead atoms. The quantitative estimate of drug-likeness (QED) is 0.727. The molecule has 4 heteroatoms. The van der Waals surface area contributed by atoms with Gasteiger partial charge in [0, 0.05) is 13.2 Å². The second kappa shape index (κ2) is 5.32. The Morgan fingerprint density at radius 1 is 1.15 bits per heavy atom. The minimum Gasteiger partial charge on any atom is -0.491 e. The maximum atomic E-state index is 5.78. The van der Waals surface area contributed by atoms with Crippen LogP contribution in [0.15, 0.2) is 18.2 Å². The summed E-state index contributed by atoms with van der Waals surface area (Å²) >= 11 is 11.5. The third kappa shape index (κ3) is 3.43. The number of methoxy groups -OCH3 is 1. The third-order valence-electron chi connectivity index (χ3n) is 1.45. The molecule has 0 aliphatic rings. The van der Waals surface area contributed by atoms with Crippen LogP contribution in [-0.2, 0) is 4.74 Å². The number of halogens is 2. The average Bonchev–Trinajstić information content (AvgIpc) is 2.12. The average molecular weight is 221 g/mol. The monoisotopic (exact) mass is 220 g/mol. The number of hydrogen-bond donors (Lipinski definition) is 0. The van der Waals surface area contributed by atoms with Gasteiger partial charge >= 0.3 is 0 Å². The molecule has 0 heterocycles. The van der Waals surface area contributed by atoms with Gasteiger partial charge < -0.3 is 9.47 Å². The molecule has 72 valence electrons. The zero-order chi connectivity index (χ0) is 9.68. The summed E-state index contributed by atoms with van der Waals surface area (Å²) in [5.74, 6) is 0.700. The van der Waals surface area contributed by atoms with Crippen molar-refractivity contribution in [1.82, 2.24) is 0 Å². The number of hydrogen-bond acceptors (Lipinski definition) is 2. The Balaban J connectivity index is 2.53. The lowest BCUT2D eigenvalue weighted by Gasteiger charge is -2.05. The van der Waals surface area contributed by atoms with Crippen molar-refractivity contribution in [2.75, 3.05) is 20.3 Å². The highest BCUT2D eigenvalue weighted by Crippen LogP contribution is 2.26. The predicted molar refractivity (Wildman–Crippen MR) is 53.8 cm³/mol. The van der Waals surface area contributed by atoms with E-state index in [0.29, 0.717) is 29.0 Å². The summed E-state index contributed by atoms with van der Waals surface area (Å²) in [4.78, 5) is 0. The van der Waals surface area contributed by atoms with Crippen LogP contribution in [0.3, 0.4) is 0 Å². The molecule has 0 saturated heterocycles. The SMILES string of the molecule is COCCOc1ccc(Cl)c(Cl)c1. The minimum atomic E-state index is 0.497. The second-order valence-corrected chi connectivity index (χ2v) is 3.23. The van der Waals surface area contributed by atoms with Gasteiger partial charge in [0.15, 0.2) is 0 Å². The Hall–Kier alpha value is -0.440. The second-order valence-electron chi connectivity index (χ2n) is 2.42. The summed E-state index contributed by atoms with van der Waals surface area (Å²) in [7, 11) is 1.62. The molecule has 1 rings (SSSR count). The Morgan fingerprint density at radius 2 is 1.92 bits per heavy atom. The summed E-state index contributed by atoms with van der Waals surface area (Å²) in [6.07, 6.45) is 0. The van der Waals surface area contributed by atoms with E-state index in [9.17, 15) is 0 Å². The molecular formula is C9H10Cl2O2.